The van der Waals surface area contributed by atoms with Gasteiger partial charge in [-0.15, -0.1) is 0 Å². The predicted molar refractivity (Wildman–Crippen MR) is 140 cm³/mol. The van der Waals surface area contributed by atoms with Crippen LogP contribution in [-0.2, 0) is 17.8 Å². The molecule has 0 spiro atoms. The molecule has 0 radical (unpaired) electrons. The van der Waals surface area contributed by atoms with E-state index in [-0.39, 0.29) is 6.04 Å². The van der Waals surface area contributed by atoms with Crippen LogP contribution in [0, 0.1) is 0 Å². The minimum absolute atomic E-state index is 0.0384. The Kier molecular flexibility index (Phi) is 7.19. The Morgan fingerprint density at radius 2 is 1.60 bits per heavy atom. The molecule has 0 saturated carbocycles. The van der Waals surface area contributed by atoms with Crippen LogP contribution in [0.2, 0.25) is 0 Å². The number of piperidine rings is 1. The number of pyridine rings is 1. The van der Waals surface area contributed by atoms with Crippen molar-refractivity contribution >= 4 is 5.69 Å². The van der Waals surface area contributed by atoms with Crippen molar-refractivity contribution in [2.24, 2.45) is 0 Å². The van der Waals surface area contributed by atoms with Crippen molar-refractivity contribution in [3.63, 3.8) is 0 Å². The van der Waals surface area contributed by atoms with Gasteiger partial charge in [0.2, 0.25) is 0 Å². The highest BCUT2D eigenvalue weighted by molar-refractivity contribution is 5.60. The van der Waals surface area contributed by atoms with Crippen molar-refractivity contribution in [1.29, 1.82) is 0 Å². The van der Waals surface area contributed by atoms with Crippen molar-refractivity contribution in [2.75, 3.05) is 25.1 Å². The van der Waals surface area contributed by atoms with E-state index in [1.165, 1.54) is 36.1 Å². The van der Waals surface area contributed by atoms with E-state index in [4.69, 9.17) is 14.8 Å². The summed E-state index contributed by atoms with van der Waals surface area (Å²) >= 11 is 0. The quantitative estimate of drug-likeness (QED) is 0.334. The van der Waals surface area contributed by atoms with Crippen molar-refractivity contribution in [2.45, 2.75) is 45.3 Å². The largest absolute Gasteiger partial charge is 0.380 e. The predicted octanol–water partition coefficient (Wildman–Crippen LogP) is 5.68. The maximum absolute atomic E-state index is 5.44. The van der Waals surface area contributed by atoms with Gasteiger partial charge < -0.3 is 9.64 Å². The summed E-state index contributed by atoms with van der Waals surface area (Å²) in [5, 5.41) is 5.01. The number of ether oxygens (including phenoxy) is 1. The first-order valence-electron chi connectivity index (χ1n) is 12.5. The molecular formula is C29H33N5O. The fourth-order valence-electron chi connectivity index (χ4n) is 4.86. The molecule has 6 nitrogen and oxygen atoms in total. The molecule has 0 aliphatic carbocycles. The molecule has 1 unspecified atom stereocenters. The average Bonchev–Trinajstić information content (AvgIpc) is 3.34. The third-order valence-corrected chi connectivity index (χ3v) is 6.87. The third-order valence-electron chi connectivity index (χ3n) is 6.87. The lowest BCUT2D eigenvalue weighted by atomic mass is 10.0. The molecule has 6 heteroatoms. The number of anilines is 1. The summed E-state index contributed by atoms with van der Waals surface area (Å²) in [7, 11) is 1.73. The summed E-state index contributed by atoms with van der Waals surface area (Å²) in [6, 6.07) is 21.2. The zero-order chi connectivity index (χ0) is 24.0. The number of rotatable bonds is 8. The van der Waals surface area contributed by atoms with Gasteiger partial charge >= 0.3 is 0 Å². The third kappa shape index (κ3) is 5.28. The first kappa shape index (κ1) is 23.2. The van der Waals surface area contributed by atoms with E-state index in [0.29, 0.717) is 13.0 Å². The smallest absolute Gasteiger partial charge is 0.181 e. The molecule has 2 aromatic heterocycles. The molecule has 4 aromatic rings. The van der Waals surface area contributed by atoms with Crippen LogP contribution in [0.15, 0.2) is 73.1 Å². The average molecular weight is 468 g/mol. The number of benzene rings is 2. The van der Waals surface area contributed by atoms with Gasteiger partial charge in [-0.2, -0.15) is 5.10 Å². The van der Waals surface area contributed by atoms with Gasteiger partial charge in [0.1, 0.15) is 5.82 Å². The van der Waals surface area contributed by atoms with Gasteiger partial charge in [-0.25, -0.2) is 9.67 Å². The van der Waals surface area contributed by atoms with Crippen LogP contribution in [-0.4, -0.2) is 39.9 Å². The number of methoxy groups -OCH3 is 1. The number of nitrogens with zero attached hydrogens (tertiary/aromatic N) is 5. The van der Waals surface area contributed by atoms with E-state index in [1.807, 2.05) is 24.5 Å². The molecule has 1 aliphatic rings. The molecule has 0 amide bonds. The molecular weight excluding hydrogens is 434 g/mol. The molecule has 1 atom stereocenters. The second-order valence-corrected chi connectivity index (χ2v) is 9.23. The van der Waals surface area contributed by atoms with Gasteiger partial charge in [0, 0.05) is 50.3 Å². The van der Waals surface area contributed by atoms with E-state index in [0.717, 1.165) is 35.9 Å². The number of hydrogen-bond donors (Lipinski definition) is 0. The monoisotopic (exact) mass is 467 g/mol. The van der Waals surface area contributed by atoms with Crippen LogP contribution in [0.1, 0.15) is 54.7 Å². The molecule has 3 heterocycles. The molecule has 0 N–H and O–H groups in total. The minimum Gasteiger partial charge on any atom is -0.380 e. The van der Waals surface area contributed by atoms with Crippen LogP contribution in [0.4, 0.5) is 5.69 Å². The van der Waals surface area contributed by atoms with Crippen molar-refractivity contribution < 1.29 is 4.74 Å². The summed E-state index contributed by atoms with van der Waals surface area (Å²) in [5.41, 5.74) is 5.86. The maximum atomic E-state index is 5.44. The summed E-state index contributed by atoms with van der Waals surface area (Å²) < 4.78 is 7.50. The topological polar surface area (TPSA) is 56.1 Å². The van der Waals surface area contributed by atoms with Gasteiger partial charge in [-0.3, -0.25) is 4.98 Å². The molecule has 1 fully saturated rings. The second kappa shape index (κ2) is 10.8. The van der Waals surface area contributed by atoms with E-state index in [9.17, 15) is 0 Å². The first-order chi connectivity index (χ1) is 17.2. The zero-order valence-electron chi connectivity index (χ0n) is 20.6. The van der Waals surface area contributed by atoms with Crippen molar-refractivity contribution in [3.05, 3.63) is 95.6 Å². The normalized spacial score (nSPS) is 14.7. The lowest BCUT2D eigenvalue weighted by molar-refractivity contribution is 0.184. The highest BCUT2D eigenvalue weighted by atomic mass is 16.5. The molecule has 2 aromatic carbocycles. The fraction of sp³-hybridized carbons (Fsp3) is 0.345. The summed E-state index contributed by atoms with van der Waals surface area (Å²) in [6.07, 6.45) is 8.23. The van der Waals surface area contributed by atoms with Crippen LogP contribution in [0.25, 0.3) is 11.4 Å². The molecule has 1 aliphatic heterocycles. The van der Waals surface area contributed by atoms with Crippen LogP contribution >= 0.6 is 0 Å². The SMILES string of the molecule is COCc1ccccc1Cc1nc(-c2ccc(N3CCCCC3)cc2)nn1C(C)c1ccncc1. The standard InChI is InChI=1S/C29H33N5O/c1-22(23-14-16-30-17-15-23)34-28(20-25-8-4-5-9-26(25)21-35-2)31-29(32-34)24-10-12-27(13-11-24)33-18-6-3-7-19-33/h4-5,8-17,22H,3,6-7,18-21H2,1-2H3. The summed E-state index contributed by atoms with van der Waals surface area (Å²) in [4.78, 5) is 11.7. The van der Waals surface area contributed by atoms with Crippen molar-refractivity contribution in [3.8, 4) is 11.4 Å². The van der Waals surface area contributed by atoms with E-state index >= 15 is 0 Å². The highest BCUT2D eigenvalue weighted by Crippen LogP contribution is 2.27. The van der Waals surface area contributed by atoms with E-state index < -0.39 is 0 Å². The molecule has 0 bridgehead atoms. The molecule has 5 rings (SSSR count). The maximum Gasteiger partial charge on any atom is 0.181 e. The van der Waals surface area contributed by atoms with Gasteiger partial charge in [0.15, 0.2) is 5.82 Å². The number of hydrogen-bond acceptors (Lipinski definition) is 5. The Balaban J connectivity index is 1.49. The fourth-order valence-corrected chi connectivity index (χ4v) is 4.86. The Morgan fingerprint density at radius 3 is 2.31 bits per heavy atom. The second-order valence-electron chi connectivity index (χ2n) is 9.23. The Bertz CT molecular complexity index is 1230. The lowest BCUT2D eigenvalue weighted by Gasteiger charge is -2.28. The van der Waals surface area contributed by atoms with Crippen LogP contribution in [0.5, 0.6) is 0 Å². The van der Waals surface area contributed by atoms with Gasteiger partial charge in [-0.05, 0) is 79.3 Å². The lowest BCUT2D eigenvalue weighted by Crippen LogP contribution is -2.29. The summed E-state index contributed by atoms with van der Waals surface area (Å²) in [5.74, 6) is 1.70. The first-order valence-corrected chi connectivity index (χ1v) is 12.5. The van der Waals surface area contributed by atoms with Crippen LogP contribution < -0.4 is 4.90 Å². The van der Waals surface area contributed by atoms with Gasteiger partial charge in [0.05, 0.1) is 12.6 Å². The van der Waals surface area contributed by atoms with Crippen molar-refractivity contribution in [1.82, 2.24) is 19.7 Å². The highest BCUT2D eigenvalue weighted by Gasteiger charge is 2.19. The number of aromatic nitrogens is 4. The van der Waals surface area contributed by atoms with Gasteiger partial charge in [-0.1, -0.05) is 24.3 Å². The Morgan fingerprint density at radius 1 is 0.886 bits per heavy atom. The van der Waals surface area contributed by atoms with Crippen LogP contribution in [0.3, 0.4) is 0 Å². The van der Waals surface area contributed by atoms with Gasteiger partial charge in [0.25, 0.3) is 0 Å². The summed E-state index contributed by atoms with van der Waals surface area (Å²) in [6.45, 7) is 5.02. The Labute approximate surface area is 207 Å². The molecule has 35 heavy (non-hydrogen) atoms. The van der Waals surface area contributed by atoms with E-state index in [1.54, 1.807) is 7.11 Å². The van der Waals surface area contributed by atoms with E-state index in [2.05, 4.69) is 70.0 Å². The molecule has 1 saturated heterocycles. The zero-order valence-corrected chi connectivity index (χ0v) is 20.6. The molecule has 180 valence electrons. The minimum atomic E-state index is 0.0384. The Hall–Kier alpha value is -3.51.